The van der Waals surface area contributed by atoms with Crippen molar-refractivity contribution in [2.75, 3.05) is 5.73 Å². The van der Waals surface area contributed by atoms with E-state index < -0.39 is 0 Å². The smallest absolute Gasteiger partial charge is 0.230 e. The Hall–Kier alpha value is -2.88. The number of anilines is 1. The number of carbonyl (C=O) groups is 1. The molecule has 0 bridgehead atoms. The molecular formula is C17H14N2O2. The monoisotopic (exact) mass is 278 g/mol. The SMILES string of the molecule is Cc1ccc(-c2c(C(=O)c3ccccc3)noc2N)cc1. The third kappa shape index (κ3) is 2.43. The first kappa shape index (κ1) is 13.1. The molecule has 0 aliphatic rings. The summed E-state index contributed by atoms with van der Waals surface area (Å²) < 4.78 is 5.03. The lowest BCUT2D eigenvalue weighted by Gasteiger charge is -2.03. The third-order valence-electron chi connectivity index (χ3n) is 3.31. The van der Waals surface area contributed by atoms with E-state index in [0.717, 1.165) is 11.1 Å². The van der Waals surface area contributed by atoms with E-state index in [-0.39, 0.29) is 17.4 Å². The Morgan fingerprint density at radius 1 is 1.05 bits per heavy atom. The van der Waals surface area contributed by atoms with Crippen molar-refractivity contribution in [2.24, 2.45) is 0 Å². The van der Waals surface area contributed by atoms with E-state index in [1.165, 1.54) is 0 Å². The van der Waals surface area contributed by atoms with E-state index in [9.17, 15) is 4.79 Å². The molecule has 3 rings (SSSR count). The molecule has 0 fully saturated rings. The highest BCUT2D eigenvalue weighted by molar-refractivity contribution is 6.12. The molecule has 0 saturated carbocycles. The first-order valence-corrected chi connectivity index (χ1v) is 6.59. The zero-order chi connectivity index (χ0) is 14.8. The summed E-state index contributed by atoms with van der Waals surface area (Å²) in [5.74, 6) is -0.0511. The van der Waals surface area contributed by atoms with Crippen LogP contribution in [0.3, 0.4) is 0 Å². The van der Waals surface area contributed by atoms with Gasteiger partial charge in [-0.2, -0.15) is 0 Å². The summed E-state index contributed by atoms with van der Waals surface area (Å²) in [5, 5.41) is 3.84. The van der Waals surface area contributed by atoms with Crippen molar-refractivity contribution in [3.8, 4) is 11.1 Å². The minimum absolute atomic E-state index is 0.151. The fraction of sp³-hybridized carbons (Fsp3) is 0.0588. The van der Waals surface area contributed by atoms with Crippen LogP contribution in [0, 0.1) is 6.92 Å². The van der Waals surface area contributed by atoms with Gasteiger partial charge in [0.05, 0.1) is 5.56 Å². The molecule has 0 saturated heterocycles. The highest BCUT2D eigenvalue weighted by Crippen LogP contribution is 2.31. The summed E-state index contributed by atoms with van der Waals surface area (Å²) in [6, 6.07) is 16.7. The Morgan fingerprint density at radius 2 is 1.71 bits per heavy atom. The first-order valence-electron chi connectivity index (χ1n) is 6.59. The van der Waals surface area contributed by atoms with Crippen LogP contribution in [0.4, 0.5) is 5.88 Å². The molecule has 3 aromatic rings. The van der Waals surface area contributed by atoms with Gasteiger partial charge in [-0.15, -0.1) is 0 Å². The molecule has 1 aromatic heterocycles. The molecule has 0 unspecified atom stereocenters. The molecule has 104 valence electrons. The van der Waals surface area contributed by atoms with Crippen LogP contribution in [-0.4, -0.2) is 10.9 Å². The van der Waals surface area contributed by atoms with Crippen molar-refractivity contribution < 1.29 is 9.32 Å². The molecule has 0 aliphatic carbocycles. The zero-order valence-electron chi connectivity index (χ0n) is 11.5. The molecule has 2 N–H and O–H groups in total. The predicted octanol–water partition coefficient (Wildman–Crippen LogP) is 3.46. The fourth-order valence-corrected chi connectivity index (χ4v) is 2.18. The van der Waals surface area contributed by atoms with Gasteiger partial charge in [-0.3, -0.25) is 4.79 Å². The lowest BCUT2D eigenvalue weighted by atomic mass is 9.99. The Bertz CT molecular complexity index is 774. The van der Waals surface area contributed by atoms with Gasteiger partial charge in [0.2, 0.25) is 11.7 Å². The topological polar surface area (TPSA) is 69.1 Å². The van der Waals surface area contributed by atoms with Crippen molar-refractivity contribution in [3.05, 3.63) is 71.4 Å². The Morgan fingerprint density at radius 3 is 2.38 bits per heavy atom. The van der Waals surface area contributed by atoms with Gasteiger partial charge in [0.15, 0.2) is 5.69 Å². The van der Waals surface area contributed by atoms with Crippen LogP contribution < -0.4 is 5.73 Å². The molecule has 0 aliphatic heterocycles. The summed E-state index contributed by atoms with van der Waals surface area (Å²) in [7, 11) is 0. The summed E-state index contributed by atoms with van der Waals surface area (Å²) in [5.41, 5.74) is 9.13. The summed E-state index contributed by atoms with van der Waals surface area (Å²) in [6.07, 6.45) is 0. The van der Waals surface area contributed by atoms with E-state index >= 15 is 0 Å². The minimum Gasteiger partial charge on any atom is -0.367 e. The zero-order valence-corrected chi connectivity index (χ0v) is 11.5. The van der Waals surface area contributed by atoms with Crippen LogP contribution in [0.2, 0.25) is 0 Å². The van der Waals surface area contributed by atoms with Gasteiger partial charge in [-0.25, -0.2) is 0 Å². The molecule has 0 spiro atoms. The Balaban J connectivity index is 2.09. The minimum atomic E-state index is -0.202. The first-order chi connectivity index (χ1) is 10.2. The average Bonchev–Trinajstić information content (AvgIpc) is 2.90. The molecular weight excluding hydrogens is 264 g/mol. The molecule has 4 nitrogen and oxygen atoms in total. The number of aromatic nitrogens is 1. The van der Waals surface area contributed by atoms with Gasteiger partial charge in [-0.1, -0.05) is 65.3 Å². The number of nitrogen functional groups attached to an aromatic ring is 1. The number of nitrogens with two attached hydrogens (primary N) is 1. The Kier molecular flexibility index (Phi) is 3.28. The van der Waals surface area contributed by atoms with Crippen molar-refractivity contribution in [1.82, 2.24) is 5.16 Å². The van der Waals surface area contributed by atoms with Crippen LogP contribution in [0.1, 0.15) is 21.6 Å². The molecule has 1 heterocycles. The van der Waals surface area contributed by atoms with E-state index in [0.29, 0.717) is 11.1 Å². The van der Waals surface area contributed by atoms with Crippen LogP contribution in [0.5, 0.6) is 0 Å². The standard InChI is InChI=1S/C17H14N2O2/c1-11-7-9-12(10-8-11)14-15(19-21-17(14)18)16(20)13-5-3-2-4-6-13/h2-10H,18H2,1H3. The number of aryl methyl sites for hydroxylation is 1. The highest BCUT2D eigenvalue weighted by atomic mass is 16.5. The van der Waals surface area contributed by atoms with E-state index in [1.54, 1.807) is 12.1 Å². The number of benzene rings is 2. The summed E-state index contributed by atoms with van der Waals surface area (Å²) in [6.45, 7) is 2.00. The van der Waals surface area contributed by atoms with Crippen molar-refractivity contribution in [1.29, 1.82) is 0 Å². The number of hydrogen-bond donors (Lipinski definition) is 1. The molecule has 0 radical (unpaired) electrons. The molecule has 21 heavy (non-hydrogen) atoms. The van der Waals surface area contributed by atoms with E-state index in [4.69, 9.17) is 10.3 Å². The average molecular weight is 278 g/mol. The number of carbonyl (C=O) groups excluding carboxylic acids is 1. The molecule has 4 heteroatoms. The number of nitrogens with zero attached hydrogens (tertiary/aromatic N) is 1. The largest absolute Gasteiger partial charge is 0.367 e. The highest BCUT2D eigenvalue weighted by Gasteiger charge is 2.22. The predicted molar refractivity (Wildman–Crippen MR) is 81.0 cm³/mol. The van der Waals surface area contributed by atoms with Crippen molar-refractivity contribution in [2.45, 2.75) is 6.92 Å². The second-order valence-corrected chi connectivity index (χ2v) is 4.83. The van der Waals surface area contributed by atoms with Gasteiger partial charge in [0, 0.05) is 5.56 Å². The van der Waals surface area contributed by atoms with Gasteiger partial charge in [0.1, 0.15) is 0 Å². The third-order valence-corrected chi connectivity index (χ3v) is 3.31. The van der Waals surface area contributed by atoms with Crippen LogP contribution in [0.25, 0.3) is 11.1 Å². The van der Waals surface area contributed by atoms with Crippen LogP contribution in [0.15, 0.2) is 59.1 Å². The maximum atomic E-state index is 12.5. The normalized spacial score (nSPS) is 10.5. The molecule has 0 amide bonds. The summed E-state index contributed by atoms with van der Waals surface area (Å²) in [4.78, 5) is 12.5. The van der Waals surface area contributed by atoms with E-state index in [2.05, 4.69) is 5.16 Å². The fourth-order valence-electron chi connectivity index (χ4n) is 2.18. The number of ketones is 1. The number of rotatable bonds is 3. The lowest BCUT2D eigenvalue weighted by molar-refractivity contribution is 0.103. The van der Waals surface area contributed by atoms with Crippen LogP contribution >= 0.6 is 0 Å². The number of hydrogen-bond acceptors (Lipinski definition) is 4. The maximum Gasteiger partial charge on any atom is 0.230 e. The quantitative estimate of drug-likeness (QED) is 0.745. The summed E-state index contributed by atoms with van der Waals surface area (Å²) >= 11 is 0. The van der Waals surface area contributed by atoms with Crippen molar-refractivity contribution in [3.63, 3.8) is 0 Å². The maximum absolute atomic E-state index is 12.5. The lowest BCUT2D eigenvalue weighted by Crippen LogP contribution is -2.03. The van der Waals surface area contributed by atoms with Crippen molar-refractivity contribution >= 4 is 11.7 Å². The Labute approximate surface area is 122 Å². The molecule has 0 atom stereocenters. The second-order valence-electron chi connectivity index (χ2n) is 4.83. The second kappa shape index (κ2) is 5.25. The molecule has 2 aromatic carbocycles. The van der Waals surface area contributed by atoms with Gasteiger partial charge >= 0.3 is 0 Å². The van der Waals surface area contributed by atoms with Crippen LogP contribution in [-0.2, 0) is 0 Å². The van der Waals surface area contributed by atoms with Gasteiger partial charge in [-0.05, 0) is 12.5 Å². The van der Waals surface area contributed by atoms with Gasteiger partial charge in [0.25, 0.3) is 0 Å². The van der Waals surface area contributed by atoms with E-state index in [1.807, 2.05) is 49.4 Å². The van der Waals surface area contributed by atoms with Gasteiger partial charge < -0.3 is 10.3 Å².